The van der Waals surface area contributed by atoms with Crippen molar-refractivity contribution in [3.63, 3.8) is 0 Å². The first-order valence-electron chi connectivity index (χ1n) is 8.49. The molecule has 32 heavy (non-hydrogen) atoms. The van der Waals surface area contributed by atoms with Crippen LogP contribution in [0.25, 0.3) is 0 Å². The molecule has 0 atom stereocenters. The lowest BCUT2D eigenvalue weighted by Crippen LogP contribution is -2.12. The number of hydrogen-bond acceptors (Lipinski definition) is 7. The smallest absolute Gasteiger partial charge is 0.433 e. The lowest BCUT2D eigenvalue weighted by Gasteiger charge is -2.13. The third-order valence-corrected chi connectivity index (χ3v) is 4.14. The van der Waals surface area contributed by atoms with Crippen LogP contribution in [0.4, 0.5) is 13.2 Å². The fourth-order valence-electron chi connectivity index (χ4n) is 2.09. The van der Waals surface area contributed by atoms with Gasteiger partial charge >= 0.3 is 18.2 Å². The second-order valence-electron chi connectivity index (χ2n) is 5.70. The van der Waals surface area contributed by atoms with Crippen molar-refractivity contribution in [2.45, 2.75) is 12.6 Å². The summed E-state index contributed by atoms with van der Waals surface area (Å²) in [4.78, 5) is 18.5. The van der Waals surface area contributed by atoms with E-state index in [0.29, 0.717) is 6.07 Å². The molecule has 0 aliphatic carbocycles. The number of methoxy groups -OCH3 is 1. The maximum Gasteiger partial charge on any atom is 0.433 e. The van der Waals surface area contributed by atoms with Crippen molar-refractivity contribution >= 4 is 52.4 Å². The monoisotopic (exact) mass is 534 g/mol. The SMILES string of the molecule is COc1nc(OCCCOc2c(Cl)cc(OC(=O)C=C(Cl)Cl)cc2Cl)cc(C(F)(F)F)n1. The zero-order valence-corrected chi connectivity index (χ0v) is 19.0. The number of rotatable bonds is 9. The number of carbonyl (C=O) groups is 1. The highest BCUT2D eigenvalue weighted by atomic mass is 35.5. The van der Waals surface area contributed by atoms with Crippen LogP contribution >= 0.6 is 46.4 Å². The summed E-state index contributed by atoms with van der Waals surface area (Å²) in [5, 5.41) is 0.107. The Morgan fingerprint density at radius 3 is 2.25 bits per heavy atom. The van der Waals surface area contributed by atoms with Gasteiger partial charge in [0.1, 0.15) is 10.2 Å². The highest BCUT2D eigenvalue weighted by Gasteiger charge is 2.34. The van der Waals surface area contributed by atoms with Gasteiger partial charge in [0.25, 0.3) is 0 Å². The van der Waals surface area contributed by atoms with E-state index >= 15 is 0 Å². The van der Waals surface area contributed by atoms with Crippen LogP contribution in [0, 0.1) is 0 Å². The topological polar surface area (TPSA) is 79.8 Å². The third-order valence-electron chi connectivity index (χ3n) is 3.36. The van der Waals surface area contributed by atoms with Crippen LogP contribution in [-0.4, -0.2) is 36.3 Å². The first kappa shape index (κ1) is 26.1. The minimum atomic E-state index is -4.68. The summed E-state index contributed by atoms with van der Waals surface area (Å²) in [6, 6.07) is 2.76. The first-order valence-corrected chi connectivity index (χ1v) is 10.00. The molecule has 1 aromatic heterocycles. The van der Waals surface area contributed by atoms with Gasteiger partial charge in [0, 0.05) is 24.6 Å². The van der Waals surface area contributed by atoms with Crippen molar-refractivity contribution in [2.75, 3.05) is 20.3 Å². The summed E-state index contributed by atoms with van der Waals surface area (Å²) < 4.78 is 58.6. The van der Waals surface area contributed by atoms with Crippen LogP contribution in [0.3, 0.4) is 0 Å². The van der Waals surface area contributed by atoms with Crippen molar-refractivity contribution in [3.05, 3.63) is 44.5 Å². The van der Waals surface area contributed by atoms with Crippen molar-refractivity contribution in [1.82, 2.24) is 9.97 Å². The molecule has 0 fully saturated rings. The minimum absolute atomic E-state index is 0.0321. The van der Waals surface area contributed by atoms with Crippen LogP contribution < -0.4 is 18.9 Å². The van der Waals surface area contributed by atoms with E-state index in [-0.39, 0.29) is 51.6 Å². The summed E-state index contributed by atoms with van der Waals surface area (Å²) in [5.41, 5.74) is -1.20. The average Bonchev–Trinajstić information content (AvgIpc) is 2.67. The van der Waals surface area contributed by atoms with E-state index in [9.17, 15) is 18.0 Å². The molecule has 0 saturated heterocycles. The Kier molecular flexibility index (Phi) is 9.50. The van der Waals surface area contributed by atoms with E-state index in [1.165, 1.54) is 12.1 Å². The Labute approximate surface area is 199 Å². The quantitative estimate of drug-likeness (QED) is 0.171. The number of carbonyl (C=O) groups excluding carboxylic acids is 1. The number of alkyl halides is 3. The van der Waals surface area contributed by atoms with Crippen LogP contribution in [0.15, 0.2) is 28.8 Å². The van der Waals surface area contributed by atoms with Crippen LogP contribution in [0.2, 0.25) is 10.0 Å². The van der Waals surface area contributed by atoms with Crippen LogP contribution in [0.5, 0.6) is 23.4 Å². The van der Waals surface area contributed by atoms with Gasteiger partial charge in [-0.1, -0.05) is 46.4 Å². The largest absolute Gasteiger partial charge is 0.490 e. The molecule has 0 bridgehead atoms. The molecule has 14 heteroatoms. The number of nitrogens with zero attached hydrogens (tertiary/aromatic N) is 2. The fraction of sp³-hybridized carbons (Fsp3) is 0.278. The van der Waals surface area contributed by atoms with E-state index in [0.717, 1.165) is 13.2 Å². The lowest BCUT2D eigenvalue weighted by molar-refractivity contribution is -0.141. The number of ether oxygens (including phenoxy) is 4. The number of aromatic nitrogens is 2. The van der Waals surface area contributed by atoms with Gasteiger partial charge in [-0.2, -0.15) is 23.1 Å². The molecule has 0 radical (unpaired) electrons. The van der Waals surface area contributed by atoms with Gasteiger partial charge in [0.05, 0.1) is 36.4 Å². The first-order chi connectivity index (χ1) is 15.0. The normalized spacial score (nSPS) is 11.0. The fourth-order valence-corrected chi connectivity index (χ4v) is 2.85. The molecule has 2 aromatic rings. The molecule has 0 N–H and O–H groups in total. The number of halogens is 7. The maximum absolute atomic E-state index is 12.9. The van der Waals surface area contributed by atoms with Crippen molar-refractivity contribution in [2.24, 2.45) is 0 Å². The van der Waals surface area contributed by atoms with E-state index in [4.69, 9.17) is 60.6 Å². The molecule has 0 aliphatic rings. The summed E-state index contributed by atoms with van der Waals surface area (Å²) in [5.74, 6) is -0.998. The van der Waals surface area contributed by atoms with E-state index in [1.807, 2.05) is 0 Å². The highest BCUT2D eigenvalue weighted by Crippen LogP contribution is 2.37. The number of hydrogen-bond donors (Lipinski definition) is 0. The zero-order chi connectivity index (χ0) is 23.9. The second kappa shape index (κ2) is 11.6. The molecule has 0 saturated carbocycles. The molecule has 0 unspecified atom stereocenters. The number of benzene rings is 1. The number of esters is 1. The minimum Gasteiger partial charge on any atom is -0.490 e. The van der Waals surface area contributed by atoms with Gasteiger partial charge in [0.2, 0.25) is 5.88 Å². The van der Waals surface area contributed by atoms with Gasteiger partial charge in [-0.05, 0) is 0 Å². The Morgan fingerprint density at radius 2 is 1.69 bits per heavy atom. The molecule has 174 valence electrons. The Balaban J connectivity index is 1.92. The van der Waals surface area contributed by atoms with Crippen LogP contribution in [-0.2, 0) is 11.0 Å². The van der Waals surface area contributed by atoms with Gasteiger partial charge in [-0.25, -0.2) is 4.79 Å². The Hall–Kier alpha value is -2.14. The molecule has 7 nitrogen and oxygen atoms in total. The molecular formula is C18H13Cl4F3N2O5. The van der Waals surface area contributed by atoms with E-state index < -0.39 is 23.8 Å². The second-order valence-corrected chi connectivity index (χ2v) is 7.52. The zero-order valence-electron chi connectivity index (χ0n) is 16.0. The molecule has 1 heterocycles. The predicted octanol–water partition coefficient (Wildman–Crippen LogP) is 5.88. The summed E-state index contributed by atoms with van der Waals surface area (Å²) >= 11 is 22.9. The van der Waals surface area contributed by atoms with Crippen LogP contribution in [0.1, 0.15) is 12.1 Å². The Bertz CT molecular complexity index is 978. The van der Waals surface area contributed by atoms with E-state index in [2.05, 4.69) is 14.7 Å². The van der Waals surface area contributed by atoms with Gasteiger partial charge < -0.3 is 18.9 Å². The summed E-state index contributed by atoms with van der Waals surface area (Å²) in [6.45, 7) is 0.0193. The molecule has 0 amide bonds. The average molecular weight is 536 g/mol. The highest BCUT2D eigenvalue weighted by molar-refractivity contribution is 6.56. The van der Waals surface area contributed by atoms with Crippen molar-refractivity contribution in [3.8, 4) is 23.4 Å². The molecular weight excluding hydrogens is 523 g/mol. The molecule has 0 aliphatic heterocycles. The third kappa shape index (κ3) is 8.09. The van der Waals surface area contributed by atoms with E-state index in [1.54, 1.807) is 0 Å². The summed E-state index contributed by atoms with van der Waals surface area (Å²) in [6.07, 6.45) is -3.59. The predicted molar refractivity (Wildman–Crippen MR) is 111 cm³/mol. The standard InChI is InChI=1S/C18H13Cl4F3N2O5/c1-29-17-26-12(18(23,24)25)7-14(27-17)30-3-2-4-31-16-10(19)5-9(6-11(16)20)32-15(28)8-13(21)22/h5-8H,2-4H2,1H3. The summed E-state index contributed by atoms with van der Waals surface area (Å²) in [7, 11) is 1.14. The van der Waals surface area contributed by atoms with Crippen molar-refractivity contribution < 1.29 is 36.9 Å². The van der Waals surface area contributed by atoms with Gasteiger partial charge in [-0.15, -0.1) is 0 Å². The molecule has 1 aromatic carbocycles. The lowest BCUT2D eigenvalue weighted by atomic mass is 10.3. The van der Waals surface area contributed by atoms with Gasteiger partial charge in [-0.3, -0.25) is 0 Å². The maximum atomic E-state index is 12.9. The molecule has 0 spiro atoms. The van der Waals surface area contributed by atoms with Crippen molar-refractivity contribution in [1.29, 1.82) is 0 Å². The molecule has 2 rings (SSSR count). The van der Waals surface area contributed by atoms with Gasteiger partial charge in [0.15, 0.2) is 11.4 Å². The Morgan fingerprint density at radius 1 is 1.06 bits per heavy atom.